The van der Waals surface area contributed by atoms with Gasteiger partial charge in [0.2, 0.25) is 0 Å². The first-order chi connectivity index (χ1) is 9.94. The van der Waals surface area contributed by atoms with Crippen molar-refractivity contribution >= 4 is 0 Å². The van der Waals surface area contributed by atoms with Gasteiger partial charge in [-0.2, -0.15) is 0 Å². The van der Waals surface area contributed by atoms with Gasteiger partial charge in [0.15, 0.2) is 0 Å². The van der Waals surface area contributed by atoms with E-state index in [1.165, 1.54) is 44.9 Å². The third-order valence-corrected chi connectivity index (χ3v) is 8.17. The number of hydrogen-bond donors (Lipinski definition) is 2. The fourth-order valence-corrected chi connectivity index (χ4v) is 6.95. The van der Waals surface area contributed by atoms with Crippen LogP contribution in [0.3, 0.4) is 0 Å². The van der Waals surface area contributed by atoms with Gasteiger partial charge in [-0.25, -0.2) is 0 Å². The molecule has 118 valence electrons. The average molecular weight is 290 g/mol. The van der Waals surface area contributed by atoms with Gasteiger partial charge in [-0.15, -0.1) is 0 Å². The third kappa shape index (κ3) is 1.83. The molecule has 0 spiro atoms. The van der Waals surface area contributed by atoms with Crippen molar-refractivity contribution in [3.8, 4) is 0 Å². The Labute approximate surface area is 128 Å². The van der Waals surface area contributed by atoms with E-state index in [-0.39, 0.29) is 16.9 Å². The molecule has 0 heterocycles. The molecule has 4 rings (SSSR count). The molecule has 6 atom stereocenters. The first kappa shape index (κ1) is 14.0. The largest absolute Gasteiger partial charge is 0.509 e. The standard InChI is InChI=1S/C19H30O2/c1-18-8-3-4-14(18)13-6-5-12-10-16(20)17(21)11-19(12,2)15(13)7-9-18/h12-15,20-21H,3-11H2,1-2H3/t12-,13-,14-,15-,18-,19-/m0/s1. The van der Waals surface area contributed by atoms with E-state index in [4.69, 9.17) is 0 Å². The highest BCUT2D eigenvalue weighted by molar-refractivity contribution is 5.16. The Hall–Kier alpha value is -0.660. The molecule has 2 heteroatoms. The normalized spacial score (nSPS) is 53.0. The fraction of sp³-hybridized carbons (Fsp3) is 0.895. The zero-order valence-corrected chi connectivity index (χ0v) is 13.6. The molecule has 21 heavy (non-hydrogen) atoms. The highest BCUT2D eigenvalue weighted by Gasteiger charge is 2.58. The predicted octanol–water partition coefficient (Wildman–Crippen LogP) is 5.36. The zero-order chi connectivity index (χ0) is 14.8. The molecule has 3 fully saturated rings. The van der Waals surface area contributed by atoms with Crippen LogP contribution in [0.5, 0.6) is 0 Å². The maximum absolute atomic E-state index is 10.1. The van der Waals surface area contributed by atoms with Crippen molar-refractivity contribution in [3.63, 3.8) is 0 Å². The summed E-state index contributed by atoms with van der Waals surface area (Å²) in [6.45, 7) is 4.95. The van der Waals surface area contributed by atoms with Gasteiger partial charge in [-0.05, 0) is 73.0 Å². The van der Waals surface area contributed by atoms with Crippen molar-refractivity contribution in [3.05, 3.63) is 11.5 Å². The molecule has 0 amide bonds. The number of hydrogen-bond acceptors (Lipinski definition) is 2. The molecule has 0 saturated heterocycles. The summed E-state index contributed by atoms with van der Waals surface area (Å²) in [5.41, 5.74) is 0.836. The Bertz CT molecular complexity index is 482. The van der Waals surface area contributed by atoms with Crippen LogP contribution in [-0.4, -0.2) is 10.2 Å². The summed E-state index contributed by atoms with van der Waals surface area (Å²) in [5.74, 6) is 3.71. The summed E-state index contributed by atoms with van der Waals surface area (Å²) in [7, 11) is 0. The van der Waals surface area contributed by atoms with Crippen LogP contribution >= 0.6 is 0 Å². The second-order valence-corrected chi connectivity index (χ2v) is 9.02. The molecule has 0 bridgehead atoms. The van der Waals surface area contributed by atoms with E-state index in [9.17, 15) is 10.2 Å². The van der Waals surface area contributed by atoms with Crippen molar-refractivity contribution in [1.82, 2.24) is 0 Å². The Morgan fingerprint density at radius 2 is 1.71 bits per heavy atom. The summed E-state index contributed by atoms with van der Waals surface area (Å²) in [5, 5.41) is 20.1. The van der Waals surface area contributed by atoms with Gasteiger partial charge in [0.25, 0.3) is 0 Å². The minimum absolute atomic E-state index is 0.225. The molecule has 3 saturated carbocycles. The quantitative estimate of drug-likeness (QED) is 0.630. The molecule has 0 aromatic heterocycles. The summed E-state index contributed by atoms with van der Waals surface area (Å²) < 4.78 is 0. The molecule has 0 radical (unpaired) electrons. The summed E-state index contributed by atoms with van der Waals surface area (Å²) in [6.07, 6.45) is 11.1. The van der Waals surface area contributed by atoms with Crippen molar-refractivity contribution in [2.24, 2.45) is 34.5 Å². The first-order valence-corrected chi connectivity index (χ1v) is 9.04. The van der Waals surface area contributed by atoms with Crippen molar-refractivity contribution in [2.45, 2.75) is 71.6 Å². The van der Waals surface area contributed by atoms with Gasteiger partial charge in [0, 0.05) is 12.8 Å². The Balaban J connectivity index is 1.67. The smallest absolute Gasteiger partial charge is 0.130 e. The zero-order valence-electron chi connectivity index (χ0n) is 13.6. The minimum Gasteiger partial charge on any atom is -0.509 e. The van der Waals surface area contributed by atoms with Gasteiger partial charge in [0.05, 0.1) is 0 Å². The van der Waals surface area contributed by atoms with Crippen molar-refractivity contribution in [1.29, 1.82) is 0 Å². The Morgan fingerprint density at radius 3 is 2.52 bits per heavy atom. The fourth-order valence-electron chi connectivity index (χ4n) is 6.95. The van der Waals surface area contributed by atoms with E-state index in [1.54, 1.807) is 0 Å². The van der Waals surface area contributed by atoms with E-state index in [2.05, 4.69) is 13.8 Å². The second kappa shape index (κ2) is 4.43. The Kier molecular flexibility index (Phi) is 2.94. The maximum atomic E-state index is 10.1. The van der Waals surface area contributed by atoms with Gasteiger partial charge in [0.1, 0.15) is 11.5 Å². The summed E-state index contributed by atoms with van der Waals surface area (Å²) in [4.78, 5) is 0. The summed E-state index contributed by atoms with van der Waals surface area (Å²) in [6, 6.07) is 0. The van der Waals surface area contributed by atoms with Gasteiger partial charge >= 0.3 is 0 Å². The van der Waals surface area contributed by atoms with Crippen LogP contribution in [-0.2, 0) is 0 Å². The molecule has 2 nitrogen and oxygen atoms in total. The number of rotatable bonds is 0. The molecular formula is C19H30O2. The van der Waals surface area contributed by atoms with Crippen LogP contribution in [0.15, 0.2) is 11.5 Å². The van der Waals surface area contributed by atoms with Crippen molar-refractivity contribution in [2.75, 3.05) is 0 Å². The lowest BCUT2D eigenvalue weighted by atomic mass is 9.46. The SMILES string of the molecule is C[C@@]12CCC[C@H]1[C@@H]1CC[C@H]3CC(O)=C(O)C[C@]3(C)[C@H]1CC2. The van der Waals surface area contributed by atoms with E-state index in [1.807, 2.05) is 0 Å². The predicted molar refractivity (Wildman–Crippen MR) is 84.0 cm³/mol. The van der Waals surface area contributed by atoms with Gasteiger partial charge < -0.3 is 10.2 Å². The lowest BCUT2D eigenvalue weighted by Crippen LogP contribution is -2.52. The van der Waals surface area contributed by atoms with Gasteiger partial charge in [-0.1, -0.05) is 20.3 Å². The van der Waals surface area contributed by atoms with E-state index < -0.39 is 0 Å². The van der Waals surface area contributed by atoms with Gasteiger partial charge in [-0.3, -0.25) is 0 Å². The number of aliphatic hydroxyl groups excluding tert-OH is 2. The van der Waals surface area contributed by atoms with Crippen LogP contribution in [0.25, 0.3) is 0 Å². The lowest BCUT2D eigenvalue weighted by Gasteiger charge is -2.59. The topological polar surface area (TPSA) is 40.5 Å². The average Bonchev–Trinajstić information content (AvgIpc) is 2.82. The van der Waals surface area contributed by atoms with Crippen LogP contribution in [0.2, 0.25) is 0 Å². The molecular weight excluding hydrogens is 260 g/mol. The minimum atomic E-state index is 0.225. The molecule has 4 aliphatic carbocycles. The van der Waals surface area contributed by atoms with E-state index >= 15 is 0 Å². The molecule has 0 aliphatic heterocycles. The summed E-state index contributed by atoms with van der Waals surface area (Å²) >= 11 is 0. The third-order valence-electron chi connectivity index (χ3n) is 8.17. The monoisotopic (exact) mass is 290 g/mol. The molecule has 0 aromatic rings. The molecule has 0 unspecified atom stereocenters. The highest BCUT2D eigenvalue weighted by atomic mass is 16.3. The van der Waals surface area contributed by atoms with Crippen LogP contribution in [0.1, 0.15) is 71.6 Å². The number of fused-ring (bicyclic) bond motifs is 5. The van der Waals surface area contributed by atoms with E-state index in [0.717, 1.165) is 17.8 Å². The molecule has 4 aliphatic rings. The Morgan fingerprint density at radius 1 is 0.905 bits per heavy atom. The number of aliphatic hydroxyl groups is 2. The maximum Gasteiger partial charge on any atom is 0.130 e. The number of allylic oxidation sites excluding steroid dienone is 2. The van der Waals surface area contributed by atoms with Crippen molar-refractivity contribution < 1.29 is 10.2 Å². The van der Waals surface area contributed by atoms with Crippen LogP contribution < -0.4 is 0 Å². The van der Waals surface area contributed by atoms with E-state index in [0.29, 0.717) is 24.2 Å². The lowest BCUT2D eigenvalue weighted by molar-refractivity contribution is -0.0981. The highest BCUT2D eigenvalue weighted by Crippen LogP contribution is 2.66. The molecule has 0 aromatic carbocycles. The first-order valence-electron chi connectivity index (χ1n) is 9.04. The molecule has 2 N–H and O–H groups in total. The van der Waals surface area contributed by atoms with Crippen LogP contribution in [0.4, 0.5) is 0 Å². The second-order valence-electron chi connectivity index (χ2n) is 9.02. The van der Waals surface area contributed by atoms with Crippen LogP contribution in [0, 0.1) is 34.5 Å².